The van der Waals surface area contributed by atoms with Crippen LogP contribution in [0, 0.1) is 11.8 Å². The summed E-state index contributed by atoms with van der Waals surface area (Å²) in [7, 11) is 1.51. The molecule has 6 aliphatic rings. The number of methoxy groups -OCH3 is 1. The van der Waals surface area contributed by atoms with Gasteiger partial charge in [-0.3, -0.25) is 4.79 Å². The SMILES string of the molecule is COC[C@@H](CCO)c1c(CO)c2ccc3c(c2oc1=O)[C@H]1OC(=O)C[C@H]2C[C@@H](c4cccc(C5(c6ccccc6)CCCCC5)c4)C=C[C@H]2c2ccc(cc2)CC/C(=C(\C)CO)C(=O)O[C@@H]1[C@](C)(C1CCCC1)O3. The van der Waals surface area contributed by atoms with E-state index in [0.717, 1.165) is 49.7 Å². The van der Waals surface area contributed by atoms with Gasteiger partial charge in [-0.25, -0.2) is 9.59 Å². The molecule has 11 heteroatoms. The van der Waals surface area contributed by atoms with Crippen molar-refractivity contribution in [1.29, 1.82) is 0 Å². The van der Waals surface area contributed by atoms with Gasteiger partial charge in [0.2, 0.25) is 0 Å². The third kappa shape index (κ3) is 9.81. The number of aliphatic hydroxyl groups is 3. The Kier molecular flexibility index (Phi) is 15.5. The molecule has 3 aliphatic heterocycles. The van der Waals surface area contributed by atoms with Crippen molar-refractivity contribution in [2.24, 2.45) is 11.8 Å². The van der Waals surface area contributed by atoms with Crippen LogP contribution in [0.4, 0.5) is 0 Å². The molecule has 5 aromatic rings. The average Bonchev–Trinajstić information content (AvgIpc) is 3.99. The molecule has 0 radical (unpaired) electrons. The van der Waals surface area contributed by atoms with Gasteiger partial charge in [-0.2, -0.15) is 0 Å². The molecule has 0 unspecified atom stereocenters. The highest BCUT2D eigenvalue weighted by atomic mass is 16.6. The van der Waals surface area contributed by atoms with E-state index >= 15 is 4.79 Å². The van der Waals surface area contributed by atoms with E-state index in [1.54, 1.807) is 19.1 Å². The molecule has 2 saturated carbocycles. The number of carbonyl (C=O) groups excluding carboxylic acids is 2. The number of carbonyl (C=O) groups is 2. The van der Waals surface area contributed by atoms with Crippen molar-refractivity contribution in [3.8, 4) is 5.75 Å². The molecular formula is C63H72O11. The second-order valence-electron chi connectivity index (χ2n) is 22.0. The van der Waals surface area contributed by atoms with Crippen molar-refractivity contribution < 1.29 is 48.3 Å². The first-order valence-corrected chi connectivity index (χ1v) is 27.1. The molecular weight excluding hydrogens is 933 g/mol. The predicted molar refractivity (Wildman–Crippen MR) is 283 cm³/mol. The molecule has 3 N–H and O–H groups in total. The number of hydrogen-bond acceptors (Lipinski definition) is 11. The maximum absolute atomic E-state index is 15.4. The van der Waals surface area contributed by atoms with Gasteiger partial charge in [0.25, 0.3) is 0 Å². The van der Waals surface area contributed by atoms with Crippen LogP contribution in [0.2, 0.25) is 0 Å². The van der Waals surface area contributed by atoms with Gasteiger partial charge in [-0.05, 0) is 122 Å². The maximum Gasteiger partial charge on any atom is 0.340 e. The Hall–Kier alpha value is -5.85. The second kappa shape index (κ2) is 22.2. The van der Waals surface area contributed by atoms with Gasteiger partial charge in [0, 0.05) is 65.7 Å². The number of ether oxygens (including phenoxy) is 4. The van der Waals surface area contributed by atoms with Gasteiger partial charge >= 0.3 is 17.6 Å². The summed E-state index contributed by atoms with van der Waals surface area (Å²) in [6.07, 6.45) is 13.0. The standard InChI is InChI=1S/C63H72O11/c1-39(36-65)49-25-21-40-19-22-41(23-20-40)50-26-24-43(42-13-12-18-48(34-42)63(30-10-5-11-31-63)47-16-6-4-7-17-47)33-45(50)35-54(67)71-58-56-53(74-62(2,46-14-8-9-15-46)59(58)73-60(49)68)28-27-51-52(37-66)55(61(69)72-57(51)56)44(29-32-64)38-70-3/h4,6-7,12-13,16-20,22-24,26-28,34,43-46,50,58-59,64-66H,5,8-11,14-15,21,25,29-33,35-38H2,1-3H3/b49-39-/t43-,44+,45+,50-,58+,59-,62-/m0/s1. The van der Waals surface area contributed by atoms with Crippen LogP contribution in [0.15, 0.2) is 124 Å². The minimum atomic E-state index is -1.31. The third-order valence-corrected chi connectivity index (χ3v) is 17.7. The molecule has 0 spiro atoms. The number of aryl methyl sites for hydroxylation is 1. The molecule has 4 heterocycles. The minimum absolute atomic E-state index is 0.0190. The quantitative estimate of drug-likeness (QED) is 0.0500. The van der Waals surface area contributed by atoms with Gasteiger partial charge in [0.1, 0.15) is 16.9 Å². The van der Waals surface area contributed by atoms with Crippen molar-refractivity contribution >= 4 is 22.9 Å². The lowest BCUT2D eigenvalue weighted by atomic mass is 9.64. The average molecular weight is 1010 g/mol. The molecule has 0 amide bonds. The monoisotopic (exact) mass is 1000 g/mol. The summed E-state index contributed by atoms with van der Waals surface area (Å²) in [5.41, 5.74) is 5.54. The molecule has 1 aromatic heterocycles. The first-order valence-electron chi connectivity index (χ1n) is 27.1. The lowest BCUT2D eigenvalue weighted by molar-refractivity contribution is -0.199. The highest BCUT2D eigenvalue weighted by molar-refractivity contribution is 5.90. The summed E-state index contributed by atoms with van der Waals surface area (Å²) in [6.45, 7) is 2.63. The number of allylic oxidation sites excluding steroid dienone is 2. The third-order valence-electron chi connectivity index (χ3n) is 17.7. The molecule has 2 bridgehead atoms. The Bertz CT molecular complexity index is 2930. The molecule has 390 valence electrons. The van der Waals surface area contributed by atoms with Gasteiger partial charge < -0.3 is 38.7 Å². The topological polar surface area (TPSA) is 162 Å². The maximum atomic E-state index is 15.4. The van der Waals surface area contributed by atoms with Gasteiger partial charge in [0.15, 0.2) is 12.2 Å². The highest BCUT2D eigenvalue weighted by Gasteiger charge is 2.57. The van der Waals surface area contributed by atoms with E-state index in [4.69, 9.17) is 23.4 Å². The van der Waals surface area contributed by atoms with E-state index in [1.165, 1.54) is 43.1 Å². The molecule has 11 nitrogen and oxygen atoms in total. The van der Waals surface area contributed by atoms with Crippen LogP contribution >= 0.6 is 0 Å². The van der Waals surface area contributed by atoms with Crippen molar-refractivity contribution in [2.75, 3.05) is 26.9 Å². The van der Waals surface area contributed by atoms with Crippen molar-refractivity contribution in [3.63, 3.8) is 0 Å². The van der Waals surface area contributed by atoms with Crippen LogP contribution in [0.3, 0.4) is 0 Å². The van der Waals surface area contributed by atoms with Gasteiger partial charge in [-0.15, -0.1) is 0 Å². The molecule has 2 fully saturated rings. The fraction of sp³-hybridized carbons (Fsp3) is 0.476. The van der Waals surface area contributed by atoms with E-state index < -0.39 is 47.9 Å². The largest absolute Gasteiger partial charge is 0.483 e. The number of fused-ring (bicyclic) bond motifs is 11. The van der Waals surface area contributed by atoms with Crippen LogP contribution < -0.4 is 10.4 Å². The van der Waals surface area contributed by atoms with Crippen LogP contribution in [-0.2, 0) is 42.2 Å². The van der Waals surface area contributed by atoms with Crippen LogP contribution in [0.5, 0.6) is 5.75 Å². The zero-order valence-electron chi connectivity index (χ0n) is 43.2. The van der Waals surface area contributed by atoms with E-state index in [0.29, 0.717) is 40.7 Å². The summed E-state index contributed by atoms with van der Waals surface area (Å²) in [5, 5.41) is 32.0. The molecule has 74 heavy (non-hydrogen) atoms. The first kappa shape index (κ1) is 51.6. The molecule has 0 saturated heterocycles. The van der Waals surface area contributed by atoms with Gasteiger partial charge in [0.05, 0.1) is 25.4 Å². The fourth-order valence-corrected chi connectivity index (χ4v) is 13.7. The Morgan fingerprint density at radius 3 is 2.28 bits per heavy atom. The minimum Gasteiger partial charge on any atom is -0.483 e. The van der Waals surface area contributed by atoms with Crippen LogP contribution in [0.1, 0.15) is 166 Å². The van der Waals surface area contributed by atoms with Crippen LogP contribution in [-0.4, -0.2) is 65.9 Å². The number of hydrogen-bond donors (Lipinski definition) is 3. The lowest BCUT2D eigenvalue weighted by Crippen LogP contribution is -2.58. The Morgan fingerprint density at radius 1 is 0.811 bits per heavy atom. The van der Waals surface area contributed by atoms with Crippen molar-refractivity contribution in [3.05, 3.63) is 169 Å². The van der Waals surface area contributed by atoms with E-state index in [1.807, 2.05) is 6.92 Å². The number of esters is 2. The van der Waals surface area contributed by atoms with Crippen molar-refractivity contribution in [2.45, 2.75) is 151 Å². The first-order chi connectivity index (χ1) is 36.0. The van der Waals surface area contributed by atoms with Crippen molar-refractivity contribution in [1.82, 2.24) is 0 Å². The smallest absolute Gasteiger partial charge is 0.340 e. The summed E-state index contributed by atoms with van der Waals surface area (Å²) in [4.78, 5) is 44.6. The summed E-state index contributed by atoms with van der Waals surface area (Å²) in [5.74, 6) is -1.82. The molecule has 4 aromatic carbocycles. The van der Waals surface area contributed by atoms with Gasteiger partial charge in [-0.1, -0.05) is 123 Å². The fourth-order valence-electron chi connectivity index (χ4n) is 13.7. The van der Waals surface area contributed by atoms with E-state index in [-0.39, 0.29) is 84.9 Å². The summed E-state index contributed by atoms with van der Waals surface area (Å²) < 4.78 is 32.5. The lowest BCUT2D eigenvalue weighted by Gasteiger charge is -2.48. The van der Waals surface area contributed by atoms with Crippen LogP contribution in [0.25, 0.3) is 11.0 Å². The van der Waals surface area contributed by atoms with E-state index in [2.05, 4.69) is 91.0 Å². The van der Waals surface area contributed by atoms with E-state index in [9.17, 15) is 24.9 Å². The zero-order chi connectivity index (χ0) is 51.6. The number of aliphatic hydroxyl groups excluding tert-OH is 3. The summed E-state index contributed by atoms with van der Waals surface area (Å²) >= 11 is 0. The zero-order valence-corrected chi connectivity index (χ0v) is 43.2. The predicted octanol–water partition coefficient (Wildman–Crippen LogP) is 11.3. The number of benzene rings is 4. The molecule has 11 rings (SSSR count). The highest BCUT2D eigenvalue weighted by Crippen LogP contribution is 2.54. The molecule has 3 aliphatic carbocycles. The normalized spacial score (nSPS) is 26.3. The Labute approximate surface area is 434 Å². The Morgan fingerprint density at radius 2 is 1.57 bits per heavy atom. The molecule has 7 atom stereocenters. The summed E-state index contributed by atoms with van der Waals surface area (Å²) in [6, 6.07) is 32.0. The number of rotatable bonds is 11. The second-order valence-corrected chi connectivity index (χ2v) is 22.0. The Balaban J connectivity index is 1.10.